The number of hydrogen-bond donors (Lipinski definition) is 3. The second-order valence-electron chi connectivity index (χ2n) is 3.25. The molecule has 0 spiro atoms. The van der Waals surface area contributed by atoms with E-state index < -0.39 is 0 Å². The molecular formula is C11H21N3. The van der Waals surface area contributed by atoms with Crippen molar-refractivity contribution in [3.63, 3.8) is 0 Å². The molecule has 14 heavy (non-hydrogen) atoms. The maximum absolute atomic E-state index is 5.80. The molecular weight excluding hydrogens is 174 g/mol. The second-order valence-corrected chi connectivity index (χ2v) is 3.25. The first kappa shape index (κ1) is 12.6. The fourth-order valence-corrected chi connectivity index (χ4v) is 1.08. The summed E-state index contributed by atoms with van der Waals surface area (Å²) in [6.45, 7) is 6.08. The Morgan fingerprint density at radius 3 is 2.14 bits per heavy atom. The van der Waals surface area contributed by atoms with E-state index in [1.165, 1.54) is 0 Å². The maximum Gasteiger partial charge on any atom is 0.118 e. The van der Waals surface area contributed by atoms with Crippen LogP contribution < -0.4 is 17.2 Å². The van der Waals surface area contributed by atoms with E-state index in [1.54, 1.807) is 0 Å². The fourth-order valence-electron chi connectivity index (χ4n) is 1.08. The molecule has 0 aromatic heterocycles. The third-order valence-electron chi connectivity index (χ3n) is 2.10. The van der Waals surface area contributed by atoms with Crippen LogP contribution in [0.1, 0.15) is 33.6 Å². The highest BCUT2D eigenvalue weighted by molar-refractivity contribution is 5.45. The van der Waals surface area contributed by atoms with Gasteiger partial charge in [-0.25, -0.2) is 0 Å². The predicted molar refractivity (Wildman–Crippen MR) is 62.0 cm³/mol. The van der Waals surface area contributed by atoms with Crippen LogP contribution in [0.2, 0.25) is 0 Å². The topological polar surface area (TPSA) is 78.1 Å². The van der Waals surface area contributed by atoms with E-state index in [4.69, 9.17) is 17.2 Å². The molecule has 0 aliphatic rings. The molecule has 3 heteroatoms. The van der Waals surface area contributed by atoms with E-state index in [9.17, 15) is 0 Å². The van der Waals surface area contributed by atoms with Gasteiger partial charge in [0.05, 0.1) is 5.70 Å². The molecule has 0 saturated carbocycles. The van der Waals surface area contributed by atoms with Crippen LogP contribution in [-0.4, -0.2) is 0 Å². The van der Waals surface area contributed by atoms with Crippen LogP contribution in [0.25, 0.3) is 0 Å². The van der Waals surface area contributed by atoms with Gasteiger partial charge in [0, 0.05) is 0 Å². The van der Waals surface area contributed by atoms with E-state index in [1.807, 2.05) is 19.9 Å². The van der Waals surface area contributed by atoms with Crippen LogP contribution in [-0.2, 0) is 0 Å². The molecule has 6 N–H and O–H groups in total. The fraction of sp³-hybridized carbons (Fsp3) is 0.455. The summed E-state index contributed by atoms with van der Waals surface area (Å²) >= 11 is 0. The number of hydrogen-bond acceptors (Lipinski definition) is 3. The normalized spacial score (nSPS) is 12.8. The van der Waals surface area contributed by atoms with Gasteiger partial charge in [0.25, 0.3) is 0 Å². The minimum Gasteiger partial charge on any atom is -0.395 e. The average Bonchev–Trinajstić information content (AvgIpc) is 2.17. The Kier molecular flexibility index (Phi) is 5.53. The third-order valence-corrected chi connectivity index (χ3v) is 2.10. The molecule has 0 saturated heterocycles. The van der Waals surface area contributed by atoms with Gasteiger partial charge in [0.2, 0.25) is 0 Å². The van der Waals surface area contributed by atoms with Gasteiger partial charge in [0.15, 0.2) is 0 Å². The van der Waals surface area contributed by atoms with Crippen LogP contribution >= 0.6 is 0 Å². The predicted octanol–water partition coefficient (Wildman–Crippen LogP) is 1.72. The first-order valence-corrected chi connectivity index (χ1v) is 4.89. The van der Waals surface area contributed by atoms with Crippen molar-refractivity contribution in [2.45, 2.75) is 33.6 Å². The highest BCUT2D eigenvalue weighted by Crippen LogP contribution is 2.16. The SMILES string of the molecule is C/C=C(C)\C(=C/CCC)C(N)=C(N)N. The molecule has 0 unspecified atom stereocenters. The summed E-state index contributed by atoms with van der Waals surface area (Å²) < 4.78 is 0. The van der Waals surface area contributed by atoms with E-state index in [2.05, 4.69) is 13.0 Å². The molecule has 3 nitrogen and oxygen atoms in total. The Labute approximate surface area is 86.3 Å². The molecule has 0 atom stereocenters. The first-order valence-electron chi connectivity index (χ1n) is 4.89. The van der Waals surface area contributed by atoms with Gasteiger partial charge in [0.1, 0.15) is 5.82 Å². The lowest BCUT2D eigenvalue weighted by Gasteiger charge is -2.09. The summed E-state index contributed by atoms with van der Waals surface area (Å²) in [5.74, 6) is 0.188. The van der Waals surface area contributed by atoms with E-state index in [0.717, 1.165) is 24.0 Å². The van der Waals surface area contributed by atoms with Crippen molar-refractivity contribution in [2.24, 2.45) is 17.2 Å². The minimum atomic E-state index is 0.188. The van der Waals surface area contributed by atoms with Crippen molar-refractivity contribution in [3.8, 4) is 0 Å². The second kappa shape index (κ2) is 6.13. The minimum absolute atomic E-state index is 0.188. The smallest absolute Gasteiger partial charge is 0.118 e. The van der Waals surface area contributed by atoms with Crippen molar-refractivity contribution in [3.05, 3.63) is 34.8 Å². The third kappa shape index (κ3) is 3.56. The van der Waals surface area contributed by atoms with Crippen molar-refractivity contribution < 1.29 is 0 Å². The van der Waals surface area contributed by atoms with Gasteiger partial charge in [-0.1, -0.05) is 25.5 Å². The highest BCUT2D eigenvalue weighted by Gasteiger charge is 2.04. The lowest BCUT2D eigenvalue weighted by molar-refractivity contribution is 0.947. The molecule has 0 rings (SSSR count). The number of rotatable bonds is 4. The Balaban J connectivity index is 5.03. The zero-order valence-electron chi connectivity index (χ0n) is 9.30. The molecule has 0 heterocycles. The lowest BCUT2D eigenvalue weighted by atomic mass is 10.0. The quantitative estimate of drug-likeness (QED) is 0.598. The average molecular weight is 195 g/mol. The Morgan fingerprint density at radius 2 is 1.79 bits per heavy atom. The number of unbranched alkanes of at least 4 members (excludes halogenated alkanes) is 1. The van der Waals surface area contributed by atoms with Crippen LogP contribution in [0.3, 0.4) is 0 Å². The van der Waals surface area contributed by atoms with Gasteiger partial charge in [-0.3, -0.25) is 0 Å². The van der Waals surface area contributed by atoms with Crippen LogP contribution in [0.4, 0.5) is 0 Å². The van der Waals surface area contributed by atoms with Crippen molar-refractivity contribution in [1.29, 1.82) is 0 Å². The van der Waals surface area contributed by atoms with Crippen molar-refractivity contribution >= 4 is 0 Å². The first-order chi connectivity index (χ1) is 6.54. The highest BCUT2D eigenvalue weighted by atomic mass is 14.8. The molecule has 0 aromatic carbocycles. The lowest BCUT2D eigenvalue weighted by Crippen LogP contribution is -2.18. The standard InChI is InChI=1S/C11H21N3/c1-4-6-7-9(8(3)5-2)10(12)11(13)14/h5,7H,4,6,12-14H2,1-3H3/b8-5-,9-7+. The monoisotopic (exact) mass is 195 g/mol. The van der Waals surface area contributed by atoms with Gasteiger partial charge in [-0.2, -0.15) is 0 Å². The molecule has 80 valence electrons. The van der Waals surface area contributed by atoms with E-state index in [-0.39, 0.29) is 5.82 Å². The molecule has 0 bridgehead atoms. The summed E-state index contributed by atoms with van der Waals surface area (Å²) in [5.41, 5.74) is 19.3. The van der Waals surface area contributed by atoms with Gasteiger partial charge in [-0.05, 0) is 31.4 Å². The zero-order chi connectivity index (χ0) is 11.1. The van der Waals surface area contributed by atoms with E-state index >= 15 is 0 Å². The summed E-state index contributed by atoms with van der Waals surface area (Å²) in [6, 6.07) is 0. The van der Waals surface area contributed by atoms with Crippen LogP contribution in [0, 0.1) is 0 Å². The van der Waals surface area contributed by atoms with Gasteiger partial charge in [-0.15, -0.1) is 0 Å². The summed E-state index contributed by atoms with van der Waals surface area (Å²) in [5, 5.41) is 0. The van der Waals surface area contributed by atoms with Crippen LogP contribution in [0.15, 0.2) is 34.8 Å². The van der Waals surface area contributed by atoms with Gasteiger partial charge < -0.3 is 17.2 Å². The van der Waals surface area contributed by atoms with Crippen LogP contribution in [0.5, 0.6) is 0 Å². The van der Waals surface area contributed by atoms with Crippen molar-refractivity contribution in [2.75, 3.05) is 0 Å². The van der Waals surface area contributed by atoms with Crippen molar-refractivity contribution in [1.82, 2.24) is 0 Å². The van der Waals surface area contributed by atoms with Gasteiger partial charge >= 0.3 is 0 Å². The maximum atomic E-state index is 5.80. The Hall–Kier alpha value is -1.38. The Bertz CT molecular complexity index is 268. The molecule has 0 aromatic rings. The number of allylic oxidation sites excluding steroid dienone is 3. The largest absolute Gasteiger partial charge is 0.395 e. The zero-order valence-corrected chi connectivity index (χ0v) is 9.30. The molecule has 0 amide bonds. The summed E-state index contributed by atoms with van der Waals surface area (Å²) in [6.07, 6.45) is 6.13. The molecule has 0 radical (unpaired) electrons. The number of nitrogens with two attached hydrogens (primary N) is 3. The summed E-state index contributed by atoms with van der Waals surface area (Å²) in [7, 11) is 0. The molecule has 0 aliphatic heterocycles. The Morgan fingerprint density at radius 1 is 1.21 bits per heavy atom. The molecule has 0 aliphatic carbocycles. The molecule has 0 fully saturated rings. The van der Waals surface area contributed by atoms with E-state index in [0.29, 0.717) is 5.70 Å². The summed E-state index contributed by atoms with van der Waals surface area (Å²) in [4.78, 5) is 0.